The molecule has 4 N–H and O–H groups in total. The van der Waals surface area contributed by atoms with Crippen molar-refractivity contribution in [3.63, 3.8) is 0 Å². The van der Waals surface area contributed by atoms with Crippen LogP contribution in [0, 0.1) is 6.92 Å². The lowest BCUT2D eigenvalue weighted by Crippen LogP contribution is -2.58. The number of carbonyl (C=O) groups is 1. The molecule has 2 unspecified atom stereocenters. The minimum Gasteiger partial charge on any atom is -0.369 e. The van der Waals surface area contributed by atoms with E-state index >= 15 is 0 Å². The predicted octanol–water partition coefficient (Wildman–Crippen LogP) is 1.95. The van der Waals surface area contributed by atoms with Crippen LogP contribution < -0.4 is 16.4 Å². The first-order valence-electron chi connectivity index (χ1n) is 7.38. The topological polar surface area (TPSA) is 72.3 Å². The second-order valence-corrected chi connectivity index (χ2v) is 5.90. The van der Waals surface area contributed by atoms with Crippen molar-refractivity contribution in [3.05, 3.63) is 29.8 Å². The molecular formula is C16H25N3O. The van der Waals surface area contributed by atoms with Crippen LogP contribution in [0.5, 0.6) is 0 Å². The number of aryl methyl sites for hydroxylation is 1. The minimum atomic E-state index is -0.847. The zero-order valence-corrected chi connectivity index (χ0v) is 12.4. The Morgan fingerprint density at radius 2 is 2.25 bits per heavy atom. The molecule has 2 rings (SSSR count). The van der Waals surface area contributed by atoms with Crippen molar-refractivity contribution in [2.75, 3.05) is 11.4 Å². The average Bonchev–Trinajstić information content (AvgIpc) is 2.40. The molecule has 4 heteroatoms. The van der Waals surface area contributed by atoms with Gasteiger partial charge in [0.25, 0.3) is 0 Å². The minimum absolute atomic E-state index is 0.285. The molecule has 1 aromatic carbocycles. The van der Waals surface area contributed by atoms with Crippen molar-refractivity contribution in [3.8, 4) is 0 Å². The fraction of sp³-hybridized carbons (Fsp3) is 0.562. The van der Waals surface area contributed by atoms with Crippen LogP contribution in [0.3, 0.4) is 0 Å². The lowest BCUT2D eigenvalue weighted by molar-refractivity contribution is -0.124. The average molecular weight is 275 g/mol. The van der Waals surface area contributed by atoms with Crippen molar-refractivity contribution in [2.24, 2.45) is 11.5 Å². The van der Waals surface area contributed by atoms with Gasteiger partial charge in [0.1, 0.15) is 0 Å². The van der Waals surface area contributed by atoms with E-state index in [1.165, 1.54) is 11.3 Å². The summed E-state index contributed by atoms with van der Waals surface area (Å²) in [7, 11) is 0. The number of anilines is 1. The molecule has 1 aromatic rings. The zero-order chi connectivity index (χ0) is 14.8. The smallest absolute Gasteiger partial charge is 0.237 e. The summed E-state index contributed by atoms with van der Waals surface area (Å²) in [5.41, 5.74) is 13.3. The Labute approximate surface area is 121 Å². The number of amides is 1. The van der Waals surface area contributed by atoms with Gasteiger partial charge in [0.2, 0.25) is 5.91 Å². The van der Waals surface area contributed by atoms with Gasteiger partial charge in [-0.25, -0.2) is 0 Å². The van der Waals surface area contributed by atoms with Gasteiger partial charge in [-0.15, -0.1) is 0 Å². The first-order chi connectivity index (χ1) is 9.46. The highest BCUT2D eigenvalue weighted by molar-refractivity contribution is 5.84. The normalized spacial score (nSPS) is 26.2. The molecule has 1 aliphatic rings. The fourth-order valence-electron chi connectivity index (χ4n) is 3.23. The fourth-order valence-corrected chi connectivity index (χ4v) is 3.23. The number of carbonyl (C=O) groups excluding carboxylic acids is 1. The maximum atomic E-state index is 11.6. The van der Waals surface area contributed by atoms with Gasteiger partial charge in [-0.1, -0.05) is 12.1 Å². The van der Waals surface area contributed by atoms with Crippen LogP contribution in [0.2, 0.25) is 0 Å². The van der Waals surface area contributed by atoms with E-state index in [0.717, 1.165) is 19.4 Å². The van der Waals surface area contributed by atoms with Gasteiger partial charge in [-0.2, -0.15) is 0 Å². The highest BCUT2D eigenvalue weighted by atomic mass is 16.1. The van der Waals surface area contributed by atoms with Gasteiger partial charge in [0.15, 0.2) is 0 Å². The van der Waals surface area contributed by atoms with Crippen LogP contribution >= 0.6 is 0 Å². The summed E-state index contributed by atoms with van der Waals surface area (Å²) in [5, 5.41) is 0. The second-order valence-electron chi connectivity index (χ2n) is 5.90. The zero-order valence-electron chi connectivity index (χ0n) is 12.4. The number of primary amides is 1. The van der Waals surface area contributed by atoms with Crippen LogP contribution in [0.15, 0.2) is 24.3 Å². The molecule has 0 heterocycles. The van der Waals surface area contributed by atoms with Crippen LogP contribution in [0.1, 0.15) is 38.2 Å². The van der Waals surface area contributed by atoms with E-state index < -0.39 is 5.54 Å². The van der Waals surface area contributed by atoms with Crippen LogP contribution in [0.25, 0.3) is 0 Å². The van der Waals surface area contributed by atoms with E-state index in [2.05, 4.69) is 43.0 Å². The van der Waals surface area contributed by atoms with Crippen LogP contribution in [0.4, 0.5) is 5.69 Å². The van der Waals surface area contributed by atoms with E-state index in [-0.39, 0.29) is 11.9 Å². The number of nitrogens with zero attached hydrogens (tertiary/aromatic N) is 1. The molecule has 0 radical (unpaired) electrons. The molecule has 0 aromatic heterocycles. The Kier molecular flexibility index (Phi) is 4.33. The quantitative estimate of drug-likeness (QED) is 0.882. The molecule has 0 bridgehead atoms. The van der Waals surface area contributed by atoms with Gasteiger partial charge in [0, 0.05) is 18.3 Å². The van der Waals surface area contributed by atoms with Crippen molar-refractivity contribution >= 4 is 11.6 Å². The summed E-state index contributed by atoms with van der Waals surface area (Å²) in [5.74, 6) is -0.373. The molecule has 1 fully saturated rings. The number of rotatable bonds is 4. The lowest BCUT2D eigenvalue weighted by Gasteiger charge is -2.42. The third-order valence-corrected chi connectivity index (χ3v) is 4.37. The van der Waals surface area contributed by atoms with E-state index in [9.17, 15) is 4.79 Å². The van der Waals surface area contributed by atoms with Crippen molar-refractivity contribution < 1.29 is 4.79 Å². The van der Waals surface area contributed by atoms with Crippen molar-refractivity contribution in [2.45, 2.75) is 51.1 Å². The SMILES string of the molecule is CCN(c1cccc(C)c1)C1CCCC(N)(C(N)=O)C1. The third-order valence-electron chi connectivity index (χ3n) is 4.37. The predicted molar refractivity (Wildman–Crippen MR) is 82.6 cm³/mol. The van der Waals surface area contributed by atoms with E-state index in [0.29, 0.717) is 12.8 Å². The van der Waals surface area contributed by atoms with Gasteiger partial charge in [-0.3, -0.25) is 4.79 Å². The monoisotopic (exact) mass is 275 g/mol. The number of nitrogens with two attached hydrogens (primary N) is 2. The van der Waals surface area contributed by atoms with Gasteiger partial charge < -0.3 is 16.4 Å². The molecule has 0 spiro atoms. The first-order valence-corrected chi connectivity index (χ1v) is 7.38. The molecular weight excluding hydrogens is 250 g/mol. The Morgan fingerprint density at radius 1 is 1.50 bits per heavy atom. The van der Waals surface area contributed by atoms with Crippen molar-refractivity contribution in [1.29, 1.82) is 0 Å². The molecule has 1 aliphatic carbocycles. The molecule has 1 saturated carbocycles. The van der Waals surface area contributed by atoms with Gasteiger partial charge in [0.05, 0.1) is 5.54 Å². The maximum absolute atomic E-state index is 11.6. The number of hydrogen-bond donors (Lipinski definition) is 2. The Balaban J connectivity index is 2.21. The Hall–Kier alpha value is -1.55. The van der Waals surface area contributed by atoms with Crippen LogP contribution in [-0.2, 0) is 4.79 Å². The Morgan fingerprint density at radius 3 is 2.85 bits per heavy atom. The molecule has 1 amide bonds. The van der Waals surface area contributed by atoms with Gasteiger partial charge >= 0.3 is 0 Å². The summed E-state index contributed by atoms with van der Waals surface area (Å²) in [4.78, 5) is 13.9. The second kappa shape index (κ2) is 5.83. The summed E-state index contributed by atoms with van der Waals surface area (Å²) < 4.78 is 0. The molecule has 4 nitrogen and oxygen atoms in total. The summed E-state index contributed by atoms with van der Waals surface area (Å²) in [6.07, 6.45) is 3.36. The van der Waals surface area contributed by atoms with E-state index in [1.807, 2.05) is 0 Å². The number of benzene rings is 1. The highest BCUT2D eigenvalue weighted by Gasteiger charge is 2.39. The van der Waals surface area contributed by atoms with Crippen LogP contribution in [-0.4, -0.2) is 24.0 Å². The molecule has 20 heavy (non-hydrogen) atoms. The molecule has 0 saturated heterocycles. The molecule has 110 valence electrons. The highest BCUT2D eigenvalue weighted by Crippen LogP contribution is 2.32. The van der Waals surface area contributed by atoms with E-state index in [1.54, 1.807) is 0 Å². The molecule has 0 aliphatic heterocycles. The summed E-state index contributed by atoms with van der Waals surface area (Å²) in [6.45, 7) is 5.14. The number of hydrogen-bond acceptors (Lipinski definition) is 3. The summed E-state index contributed by atoms with van der Waals surface area (Å²) in [6, 6.07) is 8.75. The lowest BCUT2D eigenvalue weighted by atomic mass is 9.78. The summed E-state index contributed by atoms with van der Waals surface area (Å²) >= 11 is 0. The maximum Gasteiger partial charge on any atom is 0.237 e. The van der Waals surface area contributed by atoms with Gasteiger partial charge in [-0.05, 0) is 57.2 Å². The van der Waals surface area contributed by atoms with Crippen molar-refractivity contribution in [1.82, 2.24) is 0 Å². The largest absolute Gasteiger partial charge is 0.369 e. The first kappa shape index (κ1) is 14.9. The Bertz CT molecular complexity index is 488. The van der Waals surface area contributed by atoms with E-state index in [4.69, 9.17) is 11.5 Å². The standard InChI is InChI=1S/C16H25N3O/c1-3-19(13-7-4-6-12(2)10-13)14-8-5-9-16(18,11-14)15(17)20/h4,6-7,10,14H,3,5,8-9,11,18H2,1-2H3,(H2,17,20). The molecule has 2 atom stereocenters. The third kappa shape index (κ3) is 2.96.